The monoisotopic (exact) mass is 240 g/mol. The molecular weight excluding hydrogens is 216 g/mol. The summed E-state index contributed by atoms with van der Waals surface area (Å²) < 4.78 is 0. The fraction of sp³-hybridized carbons (Fsp3) is 0.923. The number of nitrogens with one attached hydrogen (secondary N) is 1. The van der Waals surface area contributed by atoms with Crippen molar-refractivity contribution >= 4 is 5.91 Å². The van der Waals surface area contributed by atoms with E-state index in [1.54, 1.807) is 0 Å². The van der Waals surface area contributed by atoms with E-state index < -0.39 is 0 Å². The molecule has 2 heterocycles. The molecule has 0 bridgehead atoms. The fourth-order valence-electron chi connectivity index (χ4n) is 2.85. The van der Waals surface area contributed by atoms with Crippen LogP contribution in [0.4, 0.5) is 0 Å². The molecule has 1 amide bonds. The third kappa shape index (κ3) is 2.99. The molecular formula is C13H24N2O2. The van der Waals surface area contributed by atoms with E-state index >= 15 is 0 Å². The van der Waals surface area contributed by atoms with Gasteiger partial charge in [-0.25, -0.2) is 0 Å². The zero-order valence-electron chi connectivity index (χ0n) is 10.9. The Labute approximate surface area is 103 Å². The van der Waals surface area contributed by atoms with Crippen LogP contribution >= 0.6 is 0 Å². The van der Waals surface area contributed by atoms with Crippen molar-refractivity contribution in [3.05, 3.63) is 0 Å². The van der Waals surface area contributed by atoms with Gasteiger partial charge in [0.05, 0.1) is 12.0 Å². The third-order valence-corrected chi connectivity index (χ3v) is 4.23. The van der Waals surface area contributed by atoms with Crippen LogP contribution in [0.5, 0.6) is 0 Å². The molecule has 2 aliphatic heterocycles. The molecule has 17 heavy (non-hydrogen) atoms. The van der Waals surface area contributed by atoms with Gasteiger partial charge in [0.15, 0.2) is 0 Å². The van der Waals surface area contributed by atoms with Crippen LogP contribution in [0.3, 0.4) is 0 Å². The summed E-state index contributed by atoms with van der Waals surface area (Å²) in [6, 6.07) is 0.544. The van der Waals surface area contributed by atoms with Crippen LogP contribution in [-0.4, -0.2) is 47.7 Å². The van der Waals surface area contributed by atoms with Crippen LogP contribution in [0.25, 0.3) is 0 Å². The molecule has 0 saturated carbocycles. The van der Waals surface area contributed by atoms with Crippen molar-refractivity contribution in [3.63, 3.8) is 0 Å². The van der Waals surface area contributed by atoms with Crippen molar-refractivity contribution in [1.29, 1.82) is 0 Å². The highest BCUT2D eigenvalue weighted by Gasteiger charge is 2.33. The van der Waals surface area contributed by atoms with Crippen molar-refractivity contribution < 1.29 is 9.90 Å². The highest BCUT2D eigenvalue weighted by atomic mass is 16.3. The molecule has 2 fully saturated rings. The topological polar surface area (TPSA) is 52.6 Å². The van der Waals surface area contributed by atoms with Crippen LogP contribution in [0.2, 0.25) is 0 Å². The number of aliphatic hydroxyl groups is 1. The second kappa shape index (κ2) is 5.36. The Morgan fingerprint density at radius 1 is 1.41 bits per heavy atom. The minimum absolute atomic E-state index is 0.152. The van der Waals surface area contributed by atoms with Crippen molar-refractivity contribution in [2.45, 2.75) is 45.3 Å². The Balaban J connectivity index is 1.84. The van der Waals surface area contributed by atoms with Gasteiger partial charge in [-0.15, -0.1) is 0 Å². The number of carbonyl (C=O) groups is 1. The summed E-state index contributed by atoms with van der Waals surface area (Å²) in [7, 11) is 0. The molecule has 0 aromatic heterocycles. The quantitative estimate of drug-likeness (QED) is 0.743. The summed E-state index contributed by atoms with van der Waals surface area (Å²) >= 11 is 0. The van der Waals surface area contributed by atoms with E-state index in [9.17, 15) is 9.90 Å². The molecule has 4 atom stereocenters. The maximum Gasteiger partial charge on any atom is 0.226 e. The first-order valence-electron chi connectivity index (χ1n) is 6.78. The number of likely N-dealkylation sites (tertiary alicyclic amines) is 1. The minimum Gasteiger partial charge on any atom is -0.393 e. The average molecular weight is 240 g/mol. The highest BCUT2D eigenvalue weighted by Crippen LogP contribution is 2.24. The molecule has 0 aliphatic carbocycles. The average Bonchev–Trinajstić information content (AvgIpc) is 2.78. The van der Waals surface area contributed by atoms with Gasteiger partial charge in [-0.3, -0.25) is 4.79 Å². The number of nitrogens with zero attached hydrogens (tertiary/aromatic N) is 1. The number of hydrogen-bond donors (Lipinski definition) is 2. The van der Waals surface area contributed by atoms with Crippen LogP contribution in [0, 0.1) is 11.8 Å². The van der Waals surface area contributed by atoms with E-state index in [1.165, 1.54) is 0 Å². The number of rotatable bonds is 2. The zero-order valence-corrected chi connectivity index (χ0v) is 10.9. The van der Waals surface area contributed by atoms with Crippen molar-refractivity contribution in [2.75, 3.05) is 19.6 Å². The van der Waals surface area contributed by atoms with E-state index in [1.807, 2.05) is 11.8 Å². The van der Waals surface area contributed by atoms with E-state index in [2.05, 4.69) is 12.2 Å². The molecule has 4 nitrogen and oxygen atoms in total. The molecule has 0 radical (unpaired) electrons. The highest BCUT2D eigenvalue weighted by molar-refractivity contribution is 5.79. The predicted octanol–water partition coefficient (Wildman–Crippen LogP) is 0.604. The first kappa shape index (κ1) is 12.8. The summed E-state index contributed by atoms with van der Waals surface area (Å²) in [5.41, 5.74) is 0. The Morgan fingerprint density at radius 3 is 2.71 bits per heavy atom. The normalized spacial score (nSPS) is 35.9. The molecule has 0 aromatic rings. The van der Waals surface area contributed by atoms with E-state index in [4.69, 9.17) is 0 Å². The zero-order chi connectivity index (χ0) is 12.4. The number of hydrogen-bond acceptors (Lipinski definition) is 3. The Bertz CT molecular complexity index is 273. The van der Waals surface area contributed by atoms with Crippen LogP contribution in [-0.2, 0) is 4.79 Å². The van der Waals surface area contributed by atoms with Crippen molar-refractivity contribution in [1.82, 2.24) is 10.2 Å². The standard InChI is InChI=1S/C13H24N2O2/c1-9-3-4-11(7-14-9)13(17)15-6-5-12(8-15)10(2)16/h9-12,14,16H,3-8H2,1-2H3. The summed E-state index contributed by atoms with van der Waals surface area (Å²) in [5, 5.41) is 12.9. The van der Waals surface area contributed by atoms with E-state index in [0.717, 1.165) is 38.9 Å². The van der Waals surface area contributed by atoms with Gasteiger partial charge in [-0.05, 0) is 33.1 Å². The second-order valence-electron chi connectivity index (χ2n) is 5.66. The second-order valence-corrected chi connectivity index (χ2v) is 5.66. The molecule has 0 spiro atoms. The first-order valence-corrected chi connectivity index (χ1v) is 6.78. The number of aliphatic hydroxyl groups excluding tert-OH is 1. The van der Waals surface area contributed by atoms with Gasteiger partial charge < -0.3 is 15.3 Å². The lowest BCUT2D eigenvalue weighted by Gasteiger charge is -2.30. The maximum atomic E-state index is 12.3. The molecule has 2 rings (SSSR count). The molecule has 0 aromatic carbocycles. The number of amides is 1. The lowest BCUT2D eigenvalue weighted by atomic mass is 9.94. The molecule has 4 unspecified atom stereocenters. The predicted molar refractivity (Wildman–Crippen MR) is 66.6 cm³/mol. The third-order valence-electron chi connectivity index (χ3n) is 4.23. The summed E-state index contributed by atoms with van der Waals surface area (Å²) in [4.78, 5) is 14.2. The number of piperidine rings is 1. The molecule has 2 N–H and O–H groups in total. The van der Waals surface area contributed by atoms with Gasteiger partial charge in [-0.1, -0.05) is 0 Å². The van der Waals surface area contributed by atoms with E-state index in [-0.39, 0.29) is 23.8 Å². The minimum atomic E-state index is -0.294. The maximum absolute atomic E-state index is 12.3. The smallest absolute Gasteiger partial charge is 0.226 e. The molecule has 4 heteroatoms. The van der Waals surface area contributed by atoms with Crippen molar-refractivity contribution in [2.24, 2.45) is 11.8 Å². The first-order chi connectivity index (χ1) is 8.08. The number of carbonyl (C=O) groups excluding carboxylic acids is 1. The van der Waals surface area contributed by atoms with Crippen LogP contribution in [0.1, 0.15) is 33.1 Å². The van der Waals surface area contributed by atoms with Gasteiger partial charge in [0.25, 0.3) is 0 Å². The van der Waals surface area contributed by atoms with Crippen LogP contribution < -0.4 is 5.32 Å². The van der Waals surface area contributed by atoms with Gasteiger partial charge in [0.2, 0.25) is 5.91 Å². The summed E-state index contributed by atoms with van der Waals surface area (Å²) in [6.07, 6.45) is 2.74. The summed E-state index contributed by atoms with van der Waals surface area (Å²) in [6.45, 7) is 6.36. The lowest BCUT2D eigenvalue weighted by Crippen LogP contribution is -2.45. The molecule has 98 valence electrons. The van der Waals surface area contributed by atoms with Gasteiger partial charge in [-0.2, -0.15) is 0 Å². The van der Waals surface area contributed by atoms with Gasteiger partial charge in [0, 0.05) is 31.6 Å². The van der Waals surface area contributed by atoms with Gasteiger partial charge >= 0.3 is 0 Å². The van der Waals surface area contributed by atoms with Crippen molar-refractivity contribution in [3.8, 4) is 0 Å². The Kier molecular flexibility index (Phi) is 4.05. The molecule has 2 aliphatic rings. The lowest BCUT2D eigenvalue weighted by molar-refractivity contribution is -0.135. The molecule has 2 saturated heterocycles. The van der Waals surface area contributed by atoms with Gasteiger partial charge in [0.1, 0.15) is 0 Å². The Morgan fingerprint density at radius 2 is 2.18 bits per heavy atom. The SMILES string of the molecule is CC1CCC(C(=O)N2CCC(C(C)O)C2)CN1. The Hall–Kier alpha value is -0.610. The fourth-order valence-corrected chi connectivity index (χ4v) is 2.85. The van der Waals surface area contributed by atoms with E-state index in [0.29, 0.717) is 6.04 Å². The van der Waals surface area contributed by atoms with Crippen LogP contribution in [0.15, 0.2) is 0 Å². The summed E-state index contributed by atoms with van der Waals surface area (Å²) in [5.74, 6) is 0.709. The largest absolute Gasteiger partial charge is 0.393 e.